The van der Waals surface area contributed by atoms with E-state index in [1.165, 1.54) is 0 Å². The summed E-state index contributed by atoms with van der Waals surface area (Å²) in [4.78, 5) is 0.227. The molecule has 6 heteroatoms. The second-order valence-corrected chi connectivity index (χ2v) is 8.05. The van der Waals surface area contributed by atoms with E-state index >= 15 is 0 Å². The average molecular weight is 393 g/mol. The maximum absolute atomic E-state index is 11.2. The third-order valence-electron chi connectivity index (χ3n) is 1.48. The quantitative estimate of drug-likeness (QED) is 0.684. The van der Waals surface area contributed by atoms with Crippen LogP contribution in [-0.2, 0) is 8.27 Å². The highest BCUT2D eigenvalue weighted by atomic mass is 79.9. The van der Waals surface area contributed by atoms with Gasteiger partial charge in [-0.25, -0.2) is 8.42 Å². The van der Waals surface area contributed by atoms with Crippen molar-refractivity contribution in [1.82, 2.24) is 0 Å². The van der Waals surface area contributed by atoms with Gasteiger partial charge in [0, 0.05) is 8.95 Å². The Hall–Kier alpha value is 0.610. The van der Waals surface area contributed by atoms with E-state index in [9.17, 15) is 8.42 Å². The van der Waals surface area contributed by atoms with Crippen molar-refractivity contribution in [3.8, 4) is 0 Å². The zero-order valence-corrected chi connectivity index (χ0v) is 12.1. The van der Waals surface area contributed by atoms with Crippen LogP contribution in [0.15, 0.2) is 26.0 Å². The Balaban J connectivity index is 3.50. The third-order valence-corrected chi connectivity index (χ3v) is 5.16. The molecule has 13 heavy (non-hydrogen) atoms. The van der Waals surface area contributed by atoms with Crippen LogP contribution in [-0.4, -0.2) is 8.42 Å². The number of hydrogen-bond acceptors (Lipinski definition) is 2. The van der Waals surface area contributed by atoms with Crippen LogP contribution in [0, 0.1) is 6.92 Å². The van der Waals surface area contributed by atoms with Crippen molar-refractivity contribution in [3.05, 3.63) is 26.6 Å². The van der Waals surface area contributed by atoms with E-state index in [4.69, 9.17) is 0 Å². The zero-order chi connectivity index (χ0) is 10.2. The Morgan fingerprint density at radius 3 is 2.15 bits per heavy atom. The van der Waals surface area contributed by atoms with Crippen LogP contribution in [0.3, 0.4) is 0 Å². The van der Waals surface area contributed by atoms with Crippen molar-refractivity contribution in [2.75, 3.05) is 0 Å². The second kappa shape index (κ2) is 4.00. The van der Waals surface area contributed by atoms with Gasteiger partial charge in [0.15, 0.2) is 0 Å². The zero-order valence-electron chi connectivity index (χ0n) is 6.51. The molecule has 0 spiro atoms. The maximum Gasteiger partial charge on any atom is 0.238 e. The Kier molecular flexibility index (Phi) is 3.60. The smallest absolute Gasteiger partial charge is 0.212 e. The molecule has 0 aromatic heterocycles. The van der Waals surface area contributed by atoms with Gasteiger partial charge in [-0.3, -0.25) is 0 Å². The average Bonchev–Trinajstić information content (AvgIpc) is 1.94. The minimum absolute atomic E-state index is 0.227. The molecule has 1 aromatic rings. The fourth-order valence-electron chi connectivity index (χ4n) is 0.815. The molecule has 0 N–H and O–H groups in total. The van der Waals surface area contributed by atoms with Gasteiger partial charge in [-0.15, -0.1) is 0 Å². The van der Waals surface area contributed by atoms with Crippen LogP contribution in [0.4, 0.5) is 0 Å². The molecule has 72 valence electrons. The fourth-order valence-corrected chi connectivity index (χ4v) is 4.41. The van der Waals surface area contributed by atoms with E-state index in [2.05, 4.69) is 46.7 Å². The van der Waals surface area contributed by atoms with E-state index in [1.54, 1.807) is 12.1 Å². The molecule has 2 nitrogen and oxygen atoms in total. The molecule has 0 radical (unpaired) electrons. The lowest BCUT2D eigenvalue weighted by molar-refractivity contribution is 0.611. The molecule has 0 heterocycles. The molecule has 0 amide bonds. The molecule has 0 bridgehead atoms. The summed E-state index contributed by atoms with van der Waals surface area (Å²) in [6.45, 7) is 1.89. The Bertz CT molecular complexity index is 439. The summed E-state index contributed by atoms with van der Waals surface area (Å²) in [6, 6.07) is 3.31. The third kappa shape index (κ3) is 2.78. The topological polar surface area (TPSA) is 34.1 Å². The van der Waals surface area contributed by atoms with Crippen LogP contribution in [0.25, 0.3) is 0 Å². The number of halogens is 3. The second-order valence-electron chi connectivity index (χ2n) is 2.47. The van der Waals surface area contributed by atoms with E-state index in [0.29, 0.717) is 4.47 Å². The summed E-state index contributed by atoms with van der Waals surface area (Å²) >= 11 is 9.07. The molecule has 1 aromatic carbocycles. The largest absolute Gasteiger partial charge is 0.238 e. The van der Waals surface area contributed by atoms with Crippen LogP contribution in [0.2, 0.25) is 0 Å². The molecule has 1 rings (SSSR count). The summed E-state index contributed by atoms with van der Waals surface area (Å²) in [5, 5.41) is 0. The first kappa shape index (κ1) is 11.7. The highest BCUT2D eigenvalue weighted by Gasteiger charge is 2.15. The first-order chi connectivity index (χ1) is 5.82. The molecular weight excluding hydrogens is 388 g/mol. The van der Waals surface area contributed by atoms with Gasteiger partial charge in [-0.05, 0) is 40.5 Å². The number of benzene rings is 1. The SMILES string of the molecule is Cc1cc(Br)c(S(=O)(=O)Br)cc1Br. The number of hydrogen-bond donors (Lipinski definition) is 0. The van der Waals surface area contributed by atoms with E-state index in [1.807, 2.05) is 6.92 Å². The normalized spacial score (nSPS) is 11.7. The highest BCUT2D eigenvalue weighted by Crippen LogP contribution is 2.31. The van der Waals surface area contributed by atoms with Gasteiger partial charge >= 0.3 is 0 Å². The van der Waals surface area contributed by atoms with Crippen molar-refractivity contribution in [2.45, 2.75) is 11.8 Å². The van der Waals surface area contributed by atoms with Gasteiger partial charge in [0.25, 0.3) is 0 Å². The lowest BCUT2D eigenvalue weighted by atomic mass is 10.2. The highest BCUT2D eigenvalue weighted by molar-refractivity contribution is 9.47. The van der Waals surface area contributed by atoms with Gasteiger partial charge in [-0.1, -0.05) is 15.9 Å². The Morgan fingerprint density at radius 2 is 1.69 bits per heavy atom. The van der Waals surface area contributed by atoms with E-state index in [-0.39, 0.29) is 4.90 Å². The van der Waals surface area contributed by atoms with Gasteiger partial charge < -0.3 is 0 Å². The molecule has 0 fully saturated rings. The number of aryl methyl sites for hydroxylation is 1. The monoisotopic (exact) mass is 390 g/mol. The van der Waals surface area contributed by atoms with Gasteiger partial charge in [-0.2, -0.15) is 0 Å². The number of rotatable bonds is 1. The molecule has 0 aliphatic carbocycles. The predicted octanol–water partition coefficient (Wildman–Crippen LogP) is 3.60. The lowest BCUT2D eigenvalue weighted by Crippen LogP contribution is -1.92. The van der Waals surface area contributed by atoms with Crippen LogP contribution < -0.4 is 0 Å². The van der Waals surface area contributed by atoms with E-state index in [0.717, 1.165) is 10.0 Å². The minimum atomic E-state index is -3.34. The van der Waals surface area contributed by atoms with Gasteiger partial charge in [0.1, 0.15) is 0 Å². The minimum Gasteiger partial charge on any atom is -0.212 e. The summed E-state index contributed by atoms with van der Waals surface area (Å²) in [6.07, 6.45) is 0. The maximum atomic E-state index is 11.2. The Morgan fingerprint density at radius 1 is 1.15 bits per heavy atom. The molecule has 0 atom stereocenters. The summed E-state index contributed by atoms with van der Waals surface area (Å²) in [5.74, 6) is 0. The van der Waals surface area contributed by atoms with Gasteiger partial charge in [0.05, 0.1) is 19.7 Å². The van der Waals surface area contributed by atoms with Crippen molar-refractivity contribution in [2.24, 2.45) is 0 Å². The molecule has 0 aliphatic heterocycles. The summed E-state index contributed by atoms with van der Waals surface area (Å²) < 4.78 is 23.7. The van der Waals surface area contributed by atoms with Crippen molar-refractivity contribution in [1.29, 1.82) is 0 Å². The molecule has 0 unspecified atom stereocenters. The fraction of sp³-hybridized carbons (Fsp3) is 0.143. The van der Waals surface area contributed by atoms with Crippen LogP contribution >= 0.6 is 46.7 Å². The first-order valence-electron chi connectivity index (χ1n) is 3.22. The van der Waals surface area contributed by atoms with Crippen molar-refractivity contribution in [3.63, 3.8) is 0 Å². The molecule has 0 saturated carbocycles. The lowest BCUT2D eigenvalue weighted by Gasteiger charge is -2.03. The first-order valence-corrected chi connectivity index (χ1v) is 8.14. The summed E-state index contributed by atoms with van der Waals surface area (Å²) in [5.41, 5.74) is 0.978. The van der Waals surface area contributed by atoms with E-state index < -0.39 is 8.27 Å². The van der Waals surface area contributed by atoms with Crippen molar-refractivity contribution >= 4 is 54.9 Å². The molecular formula is C7H5Br3O2S. The van der Waals surface area contributed by atoms with Crippen LogP contribution in [0.5, 0.6) is 0 Å². The predicted molar refractivity (Wildman–Crippen MR) is 62.7 cm³/mol. The molecule has 0 aliphatic rings. The van der Waals surface area contributed by atoms with Crippen molar-refractivity contribution < 1.29 is 8.42 Å². The standard InChI is InChI=1S/C7H5Br3O2S/c1-4-2-6(9)7(3-5(4)8)13(10,11)12/h2-3H,1H3. The summed E-state index contributed by atoms with van der Waals surface area (Å²) in [7, 11) is -3.34. The molecule has 0 saturated heterocycles. The van der Waals surface area contributed by atoms with Gasteiger partial charge in [0.2, 0.25) is 8.27 Å². The van der Waals surface area contributed by atoms with Crippen LogP contribution in [0.1, 0.15) is 5.56 Å². The Labute approximate surface area is 101 Å².